The van der Waals surface area contributed by atoms with Gasteiger partial charge in [0.1, 0.15) is 11.4 Å². The number of aromatic amines is 1. The van der Waals surface area contributed by atoms with Crippen molar-refractivity contribution in [3.8, 4) is 0 Å². The van der Waals surface area contributed by atoms with Gasteiger partial charge in [-0.25, -0.2) is 22.3 Å². The van der Waals surface area contributed by atoms with Gasteiger partial charge in [-0.1, -0.05) is 25.1 Å². The molecule has 0 aliphatic rings. The van der Waals surface area contributed by atoms with Gasteiger partial charge in [0.2, 0.25) is 5.03 Å². The number of halogens is 1. The molecule has 0 fully saturated rings. The van der Waals surface area contributed by atoms with Gasteiger partial charge >= 0.3 is 5.97 Å². The van der Waals surface area contributed by atoms with E-state index in [1.807, 2.05) is 0 Å². The third-order valence-corrected chi connectivity index (χ3v) is 4.64. The Bertz CT molecular complexity index is 833. The number of hydrogen-bond acceptors (Lipinski definition) is 5. The van der Waals surface area contributed by atoms with Gasteiger partial charge in [0.25, 0.3) is 10.0 Å². The SMILES string of the molecule is CCOC(=O)c1c(S(=O)(=O)NCc2ccccc2F)n[nH]c1CC. The summed E-state index contributed by atoms with van der Waals surface area (Å²) < 4.78 is 45.7. The summed E-state index contributed by atoms with van der Waals surface area (Å²) in [6, 6.07) is 5.80. The zero-order valence-corrected chi connectivity index (χ0v) is 14.1. The maximum Gasteiger partial charge on any atom is 0.343 e. The molecule has 0 aliphatic heterocycles. The standard InChI is InChI=1S/C15H18FN3O4S/c1-3-12-13(15(20)23-4-2)14(19-18-12)24(21,22)17-9-10-7-5-6-8-11(10)16/h5-8,17H,3-4,9H2,1-2H3,(H,18,19). The van der Waals surface area contributed by atoms with Gasteiger partial charge in [-0.15, -0.1) is 0 Å². The van der Waals surface area contributed by atoms with E-state index >= 15 is 0 Å². The quantitative estimate of drug-likeness (QED) is 0.737. The average molecular weight is 355 g/mol. The van der Waals surface area contributed by atoms with E-state index in [9.17, 15) is 17.6 Å². The first-order valence-electron chi connectivity index (χ1n) is 7.38. The molecule has 0 atom stereocenters. The van der Waals surface area contributed by atoms with Gasteiger partial charge in [0, 0.05) is 12.1 Å². The molecule has 9 heteroatoms. The van der Waals surface area contributed by atoms with Crippen molar-refractivity contribution in [2.45, 2.75) is 31.8 Å². The van der Waals surface area contributed by atoms with Crippen LogP contribution in [0, 0.1) is 5.82 Å². The fraction of sp³-hybridized carbons (Fsp3) is 0.333. The van der Waals surface area contributed by atoms with Crippen LogP contribution >= 0.6 is 0 Å². The Morgan fingerprint density at radius 3 is 2.67 bits per heavy atom. The number of benzene rings is 1. The molecule has 0 unspecified atom stereocenters. The van der Waals surface area contributed by atoms with Gasteiger partial charge in [0.15, 0.2) is 0 Å². The molecule has 130 valence electrons. The molecular weight excluding hydrogens is 337 g/mol. The van der Waals surface area contributed by atoms with E-state index in [1.54, 1.807) is 19.9 Å². The van der Waals surface area contributed by atoms with E-state index in [0.717, 1.165) is 0 Å². The Morgan fingerprint density at radius 2 is 2.04 bits per heavy atom. The van der Waals surface area contributed by atoms with Crippen LogP contribution in [0.3, 0.4) is 0 Å². The molecule has 0 saturated carbocycles. The highest BCUT2D eigenvalue weighted by molar-refractivity contribution is 7.89. The van der Waals surface area contributed by atoms with Crippen LogP contribution < -0.4 is 4.72 Å². The smallest absolute Gasteiger partial charge is 0.343 e. The summed E-state index contributed by atoms with van der Waals surface area (Å²) in [7, 11) is -4.12. The number of nitrogens with one attached hydrogen (secondary N) is 2. The van der Waals surface area contributed by atoms with Crippen LogP contribution in [-0.4, -0.2) is 31.2 Å². The lowest BCUT2D eigenvalue weighted by Gasteiger charge is -2.08. The lowest BCUT2D eigenvalue weighted by Crippen LogP contribution is -2.26. The molecule has 7 nitrogen and oxygen atoms in total. The molecule has 2 rings (SSSR count). The Balaban J connectivity index is 2.31. The fourth-order valence-corrected chi connectivity index (χ4v) is 3.23. The van der Waals surface area contributed by atoms with Gasteiger partial charge < -0.3 is 4.74 Å². The van der Waals surface area contributed by atoms with Gasteiger partial charge in [-0.2, -0.15) is 5.10 Å². The Labute approximate surface area is 139 Å². The number of H-pyrrole nitrogens is 1. The summed E-state index contributed by atoms with van der Waals surface area (Å²) >= 11 is 0. The highest BCUT2D eigenvalue weighted by Gasteiger charge is 2.29. The molecule has 1 heterocycles. The first-order chi connectivity index (χ1) is 11.4. The molecule has 2 aromatic rings. The van der Waals surface area contributed by atoms with Crippen molar-refractivity contribution in [2.24, 2.45) is 0 Å². The van der Waals surface area contributed by atoms with Crippen molar-refractivity contribution in [3.05, 3.63) is 46.9 Å². The summed E-state index contributed by atoms with van der Waals surface area (Å²) in [5, 5.41) is 5.81. The van der Waals surface area contributed by atoms with Crippen LogP contribution in [0.1, 0.15) is 35.5 Å². The number of carbonyl (C=O) groups excluding carboxylic acids is 1. The zero-order chi connectivity index (χ0) is 17.7. The van der Waals surface area contributed by atoms with Crippen molar-refractivity contribution >= 4 is 16.0 Å². The number of aromatic nitrogens is 2. The van der Waals surface area contributed by atoms with Gasteiger partial charge in [0.05, 0.1) is 12.3 Å². The monoisotopic (exact) mass is 355 g/mol. The minimum Gasteiger partial charge on any atom is -0.462 e. The number of sulfonamides is 1. The third kappa shape index (κ3) is 3.80. The fourth-order valence-electron chi connectivity index (χ4n) is 2.11. The molecule has 1 aromatic heterocycles. The minimum absolute atomic E-state index is 0.106. The van der Waals surface area contributed by atoms with Crippen LogP contribution in [0.15, 0.2) is 29.3 Å². The highest BCUT2D eigenvalue weighted by Crippen LogP contribution is 2.19. The number of esters is 1. The molecule has 0 spiro atoms. The predicted molar refractivity (Wildman–Crippen MR) is 84.3 cm³/mol. The Hall–Kier alpha value is -2.26. The largest absolute Gasteiger partial charge is 0.462 e. The second-order valence-corrected chi connectivity index (χ2v) is 6.55. The number of rotatable bonds is 7. The first kappa shape index (κ1) is 18.1. The van der Waals surface area contributed by atoms with Crippen molar-refractivity contribution in [3.63, 3.8) is 0 Å². The zero-order valence-electron chi connectivity index (χ0n) is 13.3. The Kier molecular flexibility index (Phi) is 5.68. The molecule has 0 saturated heterocycles. The number of hydrogen-bond donors (Lipinski definition) is 2. The minimum atomic E-state index is -4.12. The van der Waals surface area contributed by atoms with Crippen molar-refractivity contribution in [1.82, 2.24) is 14.9 Å². The van der Waals surface area contributed by atoms with E-state index in [2.05, 4.69) is 14.9 Å². The summed E-state index contributed by atoms with van der Waals surface area (Å²) in [6.07, 6.45) is 0.379. The van der Waals surface area contributed by atoms with Crippen LogP contribution in [0.5, 0.6) is 0 Å². The lowest BCUT2D eigenvalue weighted by atomic mass is 10.2. The second-order valence-electron chi connectivity index (χ2n) is 4.87. The molecule has 0 bridgehead atoms. The second kappa shape index (κ2) is 7.54. The van der Waals surface area contributed by atoms with E-state index in [0.29, 0.717) is 12.1 Å². The van der Waals surface area contributed by atoms with Gasteiger partial charge in [-0.3, -0.25) is 5.10 Å². The summed E-state index contributed by atoms with van der Waals surface area (Å²) in [5.41, 5.74) is 0.421. The van der Waals surface area contributed by atoms with Crippen LogP contribution in [0.4, 0.5) is 4.39 Å². The topological polar surface area (TPSA) is 101 Å². The van der Waals surface area contributed by atoms with E-state index in [1.165, 1.54) is 18.2 Å². The molecule has 0 amide bonds. The van der Waals surface area contributed by atoms with E-state index < -0.39 is 26.8 Å². The van der Waals surface area contributed by atoms with Crippen LogP contribution in [0.2, 0.25) is 0 Å². The predicted octanol–water partition coefficient (Wildman–Crippen LogP) is 1.77. The summed E-state index contributed by atoms with van der Waals surface area (Å²) in [4.78, 5) is 12.0. The molecule has 2 N–H and O–H groups in total. The van der Waals surface area contributed by atoms with Crippen LogP contribution in [-0.2, 0) is 27.7 Å². The van der Waals surface area contributed by atoms with Crippen molar-refractivity contribution in [2.75, 3.05) is 6.61 Å². The van der Waals surface area contributed by atoms with E-state index in [-0.39, 0.29) is 24.3 Å². The number of carbonyl (C=O) groups is 1. The number of aryl methyl sites for hydroxylation is 1. The first-order valence-corrected chi connectivity index (χ1v) is 8.86. The Morgan fingerprint density at radius 1 is 1.33 bits per heavy atom. The average Bonchev–Trinajstić information content (AvgIpc) is 2.99. The highest BCUT2D eigenvalue weighted by atomic mass is 32.2. The molecule has 0 radical (unpaired) electrons. The van der Waals surface area contributed by atoms with E-state index in [4.69, 9.17) is 4.74 Å². The van der Waals surface area contributed by atoms with Gasteiger partial charge in [-0.05, 0) is 19.4 Å². The number of nitrogens with zero attached hydrogens (tertiary/aromatic N) is 1. The summed E-state index contributed by atoms with van der Waals surface area (Å²) in [5.74, 6) is -1.29. The molecule has 0 aliphatic carbocycles. The summed E-state index contributed by atoms with van der Waals surface area (Å²) in [6.45, 7) is 3.22. The maximum atomic E-state index is 13.6. The lowest BCUT2D eigenvalue weighted by molar-refractivity contribution is 0.0520. The third-order valence-electron chi connectivity index (χ3n) is 3.31. The molecular formula is C15H18FN3O4S. The molecule has 1 aromatic carbocycles. The normalized spacial score (nSPS) is 11.5. The van der Waals surface area contributed by atoms with Crippen molar-refractivity contribution in [1.29, 1.82) is 0 Å². The molecule has 24 heavy (non-hydrogen) atoms. The van der Waals surface area contributed by atoms with Crippen LogP contribution in [0.25, 0.3) is 0 Å². The van der Waals surface area contributed by atoms with Crippen molar-refractivity contribution < 1.29 is 22.3 Å². The maximum absolute atomic E-state index is 13.6. The number of ether oxygens (including phenoxy) is 1.